The van der Waals surface area contributed by atoms with Crippen LogP contribution in [0.3, 0.4) is 0 Å². The minimum absolute atomic E-state index is 0.196. The fourth-order valence-corrected chi connectivity index (χ4v) is 5.04. The van der Waals surface area contributed by atoms with Crippen LogP contribution in [0.15, 0.2) is 71.6 Å². The second-order valence-corrected chi connectivity index (χ2v) is 9.51. The Morgan fingerprint density at radius 1 is 0.968 bits per heavy atom. The molecule has 7 heteroatoms. The van der Waals surface area contributed by atoms with Gasteiger partial charge in [-0.15, -0.1) is 0 Å². The quantitative estimate of drug-likeness (QED) is 0.656. The van der Waals surface area contributed by atoms with Gasteiger partial charge in [0, 0.05) is 24.3 Å². The van der Waals surface area contributed by atoms with Gasteiger partial charge in [0.15, 0.2) is 0 Å². The summed E-state index contributed by atoms with van der Waals surface area (Å²) in [6, 6.07) is 19.4. The number of carbonyl (C=O) groups excluding carboxylic acids is 1. The minimum atomic E-state index is -3.62. The van der Waals surface area contributed by atoms with Crippen LogP contribution in [-0.4, -0.2) is 32.3 Å². The van der Waals surface area contributed by atoms with Crippen molar-refractivity contribution in [2.75, 3.05) is 19.0 Å². The molecule has 0 bridgehead atoms. The molecule has 3 aromatic rings. The number of rotatable bonds is 5. The molecule has 0 radical (unpaired) electrons. The van der Waals surface area contributed by atoms with Crippen molar-refractivity contribution >= 4 is 21.6 Å². The molecule has 31 heavy (non-hydrogen) atoms. The molecule has 0 saturated carbocycles. The number of benzene rings is 3. The van der Waals surface area contributed by atoms with Crippen LogP contribution in [0.4, 0.5) is 5.69 Å². The van der Waals surface area contributed by atoms with Gasteiger partial charge in [-0.2, -0.15) is 4.31 Å². The Labute approximate surface area is 182 Å². The summed E-state index contributed by atoms with van der Waals surface area (Å²) in [5.74, 6) is 0.412. The number of carbonyl (C=O) groups is 1. The number of nitrogens with zero attached hydrogens (tertiary/aromatic N) is 1. The van der Waals surface area contributed by atoms with E-state index in [1.807, 2.05) is 37.3 Å². The van der Waals surface area contributed by atoms with E-state index in [2.05, 4.69) is 5.32 Å². The van der Waals surface area contributed by atoms with Crippen LogP contribution in [0.5, 0.6) is 5.75 Å². The number of ether oxygens (including phenoxy) is 1. The maximum atomic E-state index is 13.1. The van der Waals surface area contributed by atoms with Crippen LogP contribution in [0, 0.1) is 6.92 Å². The largest absolute Gasteiger partial charge is 0.497 e. The number of nitrogens with one attached hydrogen (secondary N) is 1. The van der Waals surface area contributed by atoms with Crippen molar-refractivity contribution in [3.63, 3.8) is 0 Å². The normalized spacial score (nSPS) is 14.0. The van der Waals surface area contributed by atoms with E-state index in [1.165, 1.54) is 4.31 Å². The smallest absolute Gasteiger partial charge is 0.255 e. The number of sulfonamides is 1. The SMILES string of the molecule is COc1ccc(S(=O)(=O)N2CCc3ccc(NC(=O)c4ccc(C)cc4)cc3C2)cc1. The summed E-state index contributed by atoms with van der Waals surface area (Å²) in [5.41, 5.74) is 4.29. The third-order valence-corrected chi connectivity index (χ3v) is 7.31. The highest BCUT2D eigenvalue weighted by molar-refractivity contribution is 7.89. The van der Waals surface area contributed by atoms with Gasteiger partial charge in [0.25, 0.3) is 5.91 Å². The molecule has 1 heterocycles. The van der Waals surface area contributed by atoms with E-state index in [0.29, 0.717) is 30.0 Å². The molecule has 6 nitrogen and oxygen atoms in total. The Morgan fingerprint density at radius 2 is 1.68 bits per heavy atom. The molecule has 0 unspecified atom stereocenters. The fraction of sp³-hybridized carbons (Fsp3) is 0.208. The number of fused-ring (bicyclic) bond motifs is 1. The van der Waals surface area contributed by atoms with E-state index in [-0.39, 0.29) is 17.3 Å². The van der Waals surface area contributed by atoms with Gasteiger partial charge >= 0.3 is 0 Å². The third kappa shape index (κ3) is 4.47. The van der Waals surface area contributed by atoms with Gasteiger partial charge in [-0.05, 0) is 73.0 Å². The molecule has 3 aromatic carbocycles. The lowest BCUT2D eigenvalue weighted by molar-refractivity contribution is 0.102. The number of amides is 1. The summed E-state index contributed by atoms with van der Waals surface area (Å²) < 4.78 is 32.8. The number of methoxy groups -OCH3 is 1. The number of hydrogen-bond donors (Lipinski definition) is 1. The monoisotopic (exact) mass is 436 g/mol. The second kappa shape index (κ2) is 8.53. The summed E-state index contributed by atoms with van der Waals surface area (Å²) in [4.78, 5) is 12.8. The molecule has 1 amide bonds. The lowest BCUT2D eigenvalue weighted by Gasteiger charge is -2.28. The Hall–Kier alpha value is -3.16. The maximum Gasteiger partial charge on any atom is 0.255 e. The predicted molar refractivity (Wildman–Crippen MR) is 120 cm³/mol. The molecule has 160 valence electrons. The van der Waals surface area contributed by atoms with Crippen LogP contribution in [0.1, 0.15) is 27.0 Å². The lowest BCUT2D eigenvalue weighted by Crippen LogP contribution is -2.36. The van der Waals surface area contributed by atoms with Gasteiger partial charge < -0.3 is 10.1 Å². The number of aryl methyl sites for hydroxylation is 1. The number of anilines is 1. The predicted octanol–water partition coefficient (Wildman–Crippen LogP) is 4.00. The van der Waals surface area contributed by atoms with Crippen molar-refractivity contribution < 1.29 is 17.9 Å². The summed E-state index contributed by atoms with van der Waals surface area (Å²) in [6.45, 7) is 2.64. The van der Waals surface area contributed by atoms with Crippen molar-refractivity contribution in [3.8, 4) is 5.75 Å². The van der Waals surface area contributed by atoms with E-state index in [4.69, 9.17) is 4.74 Å². The molecule has 4 rings (SSSR count). The van der Waals surface area contributed by atoms with Gasteiger partial charge in [-0.3, -0.25) is 4.79 Å². The van der Waals surface area contributed by atoms with Crippen LogP contribution in [0.2, 0.25) is 0 Å². The minimum Gasteiger partial charge on any atom is -0.497 e. The van der Waals surface area contributed by atoms with E-state index < -0.39 is 10.0 Å². The first-order valence-corrected chi connectivity index (χ1v) is 11.4. The Bertz CT molecular complexity index is 1200. The highest BCUT2D eigenvalue weighted by Crippen LogP contribution is 2.28. The average Bonchev–Trinajstić information content (AvgIpc) is 2.79. The molecule has 1 aliphatic heterocycles. The molecule has 0 atom stereocenters. The standard InChI is InChI=1S/C24H24N2O4S/c1-17-3-5-19(6-4-17)24(27)25-21-8-7-18-13-14-26(16-20(18)15-21)31(28,29)23-11-9-22(30-2)10-12-23/h3-12,15H,13-14,16H2,1-2H3,(H,25,27). The fourth-order valence-electron chi connectivity index (χ4n) is 3.62. The first-order chi connectivity index (χ1) is 14.9. The summed E-state index contributed by atoms with van der Waals surface area (Å²) in [5, 5.41) is 2.90. The molecule has 1 aliphatic rings. The molecule has 0 spiro atoms. The van der Waals surface area contributed by atoms with Crippen LogP contribution >= 0.6 is 0 Å². The Kier molecular flexibility index (Phi) is 5.80. The molecule has 0 fully saturated rings. The Balaban J connectivity index is 1.53. The lowest BCUT2D eigenvalue weighted by atomic mass is 10.0. The molecule has 1 N–H and O–H groups in total. The zero-order valence-corrected chi connectivity index (χ0v) is 18.3. The van der Waals surface area contributed by atoms with Crippen molar-refractivity contribution in [3.05, 3.63) is 89.0 Å². The molecular weight excluding hydrogens is 412 g/mol. The molecule has 0 aromatic heterocycles. The van der Waals surface area contributed by atoms with E-state index >= 15 is 0 Å². The summed E-state index contributed by atoms with van der Waals surface area (Å²) in [7, 11) is -2.08. The molecular formula is C24H24N2O4S. The zero-order chi connectivity index (χ0) is 22.0. The van der Waals surface area contributed by atoms with E-state index in [0.717, 1.165) is 16.7 Å². The van der Waals surface area contributed by atoms with Crippen LogP contribution < -0.4 is 10.1 Å². The van der Waals surface area contributed by atoms with Gasteiger partial charge in [0.05, 0.1) is 12.0 Å². The number of hydrogen-bond acceptors (Lipinski definition) is 4. The van der Waals surface area contributed by atoms with Crippen molar-refractivity contribution in [2.24, 2.45) is 0 Å². The second-order valence-electron chi connectivity index (χ2n) is 7.57. The van der Waals surface area contributed by atoms with E-state index in [1.54, 1.807) is 43.5 Å². The molecule has 0 saturated heterocycles. The van der Waals surface area contributed by atoms with Crippen LogP contribution in [0.25, 0.3) is 0 Å². The molecule has 0 aliphatic carbocycles. The van der Waals surface area contributed by atoms with Gasteiger partial charge in [0.2, 0.25) is 10.0 Å². The average molecular weight is 437 g/mol. The highest BCUT2D eigenvalue weighted by Gasteiger charge is 2.28. The van der Waals surface area contributed by atoms with E-state index in [9.17, 15) is 13.2 Å². The first-order valence-electron chi connectivity index (χ1n) is 10.0. The Morgan fingerprint density at radius 3 is 2.35 bits per heavy atom. The topological polar surface area (TPSA) is 75.7 Å². The first kappa shape index (κ1) is 21.1. The third-order valence-electron chi connectivity index (χ3n) is 5.45. The van der Waals surface area contributed by atoms with Crippen molar-refractivity contribution in [1.29, 1.82) is 0 Å². The van der Waals surface area contributed by atoms with Gasteiger partial charge in [0.1, 0.15) is 5.75 Å². The highest BCUT2D eigenvalue weighted by atomic mass is 32.2. The van der Waals surface area contributed by atoms with Crippen molar-refractivity contribution in [1.82, 2.24) is 4.31 Å². The summed E-state index contributed by atoms with van der Waals surface area (Å²) >= 11 is 0. The zero-order valence-electron chi connectivity index (χ0n) is 17.5. The summed E-state index contributed by atoms with van der Waals surface area (Å²) in [6.07, 6.45) is 0.622. The van der Waals surface area contributed by atoms with Crippen LogP contribution in [-0.2, 0) is 23.0 Å². The van der Waals surface area contributed by atoms with Crippen molar-refractivity contribution in [2.45, 2.75) is 24.8 Å². The van der Waals surface area contributed by atoms with Gasteiger partial charge in [-0.1, -0.05) is 23.8 Å². The maximum absolute atomic E-state index is 13.1. The van der Waals surface area contributed by atoms with Gasteiger partial charge in [-0.25, -0.2) is 8.42 Å².